The lowest BCUT2D eigenvalue weighted by molar-refractivity contribution is -0.934. The molecule has 0 radical (unpaired) electrons. The van der Waals surface area contributed by atoms with E-state index in [0.29, 0.717) is 6.54 Å². The van der Waals surface area contributed by atoms with Gasteiger partial charge in [-0.15, -0.1) is 0 Å². The predicted molar refractivity (Wildman–Crippen MR) is 142 cm³/mol. The van der Waals surface area contributed by atoms with Crippen molar-refractivity contribution < 1.29 is 34.2 Å². The molecule has 0 rings (SSSR count). The standard InChI is InChI=1S/C29H53NO6/c1-5-6-7-8-9-10-11-12-13-14-15-16-17-18-19-20-30(21-24(2)27(31)32,22-25(3)28(33)34)23-26(4)29(35)36/h12-13,24-26H,5-11,14-23H2,1-4H3,(H2-,31,32,33,34,35,36)/b13-12+. The highest BCUT2D eigenvalue weighted by molar-refractivity contribution is 5.70. The van der Waals surface area contributed by atoms with Gasteiger partial charge in [0.05, 0.1) is 26.2 Å². The molecule has 0 heterocycles. The van der Waals surface area contributed by atoms with Crippen LogP contribution in [0.4, 0.5) is 0 Å². The van der Waals surface area contributed by atoms with Crippen molar-refractivity contribution in [2.75, 3.05) is 26.2 Å². The van der Waals surface area contributed by atoms with Gasteiger partial charge in [-0.2, -0.15) is 0 Å². The molecule has 7 nitrogen and oxygen atoms in total. The van der Waals surface area contributed by atoms with Crippen LogP contribution in [0.3, 0.4) is 0 Å². The van der Waals surface area contributed by atoms with Gasteiger partial charge in [-0.3, -0.25) is 9.59 Å². The van der Waals surface area contributed by atoms with Crippen LogP contribution in [0.2, 0.25) is 0 Å². The minimum atomic E-state index is -1.19. The summed E-state index contributed by atoms with van der Waals surface area (Å²) in [5.41, 5.74) is 0. The minimum Gasteiger partial charge on any atom is -0.550 e. The maximum absolute atomic E-state index is 11.6. The molecule has 0 aliphatic rings. The van der Waals surface area contributed by atoms with Gasteiger partial charge in [0, 0.05) is 11.9 Å². The van der Waals surface area contributed by atoms with Crippen molar-refractivity contribution in [2.24, 2.45) is 17.8 Å². The molecule has 0 saturated carbocycles. The Balaban J connectivity index is 4.62. The summed E-state index contributed by atoms with van der Waals surface area (Å²) < 4.78 is 0.178. The summed E-state index contributed by atoms with van der Waals surface area (Å²) in [5.74, 6) is -5.26. The highest BCUT2D eigenvalue weighted by Gasteiger charge is 2.36. The van der Waals surface area contributed by atoms with E-state index in [9.17, 15) is 29.7 Å². The van der Waals surface area contributed by atoms with E-state index in [4.69, 9.17) is 0 Å². The van der Waals surface area contributed by atoms with Crippen molar-refractivity contribution >= 4 is 17.9 Å². The number of carbonyl (C=O) groups is 3. The average molecular weight is 512 g/mol. The van der Waals surface area contributed by atoms with Crippen molar-refractivity contribution in [3.05, 3.63) is 12.2 Å². The molecule has 7 heteroatoms. The number of aliphatic carboxylic acids is 3. The first-order valence-electron chi connectivity index (χ1n) is 14.2. The second-order valence-corrected chi connectivity index (χ2v) is 10.9. The number of carboxylic acid groups (broad SMARTS) is 3. The summed E-state index contributed by atoms with van der Waals surface area (Å²) >= 11 is 0. The third kappa shape index (κ3) is 16.7. The predicted octanol–water partition coefficient (Wildman–Crippen LogP) is 5.28. The molecule has 0 bridgehead atoms. The van der Waals surface area contributed by atoms with E-state index >= 15 is 0 Å². The van der Waals surface area contributed by atoms with Gasteiger partial charge in [0.15, 0.2) is 0 Å². The lowest BCUT2D eigenvalue weighted by atomic mass is 10.0. The first-order valence-corrected chi connectivity index (χ1v) is 14.2. The van der Waals surface area contributed by atoms with Crippen LogP contribution in [0.15, 0.2) is 12.2 Å². The fourth-order valence-corrected chi connectivity index (χ4v) is 4.99. The van der Waals surface area contributed by atoms with Gasteiger partial charge in [-0.25, -0.2) is 0 Å². The van der Waals surface area contributed by atoms with Crippen molar-refractivity contribution in [1.29, 1.82) is 0 Å². The van der Waals surface area contributed by atoms with Crippen LogP contribution in [0.25, 0.3) is 0 Å². The van der Waals surface area contributed by atoms with Crippen molar-refractivity contribution in [3.63, 3.8) is 0 Å². The second-order valence-electron chi connectivity index (χ2n) is 10.9. The first-order chi connectivity index (χ1) is 17.0. The number of rotatable bonds is 24. The molecule has 0 aliphatic carbocycles. The quantitative estimate of drug-likeness (QED) is 0.104. The number of quaternary nitrogens is 1. The average Bonchev–Trinajstić information content (AvgIpc) is 2.81. The molecule has 36 heavy (non-hydrogen) atoms. The largest absolute Gasteiger partial charge is 0.550 e. The van der Waals surface area contributed by atoms with Gasteiger partial charge >= 0.3 is 11.9 Å². The van der Waals surface area contributed by atoms with Crippen molar-refractivity contribution in [2.45, 2.75) is 111 Å². The van der Waals surface area contributed by atoms with Crippen LogP contribution >= 0.6 is 0 Å². The molecule has 3 atom stereocenters. The molecule has 0 aliphatic heterocycles. The molecule has 210 valence electrons. The number of hydrogen-bond acceptors (Lipinski definition) is 4. The lowest BCUT2D eigenvalue weighted by Crippen LogP contribution is -2.58. The summed E-state index contributed by atoms with van der Waals surface area (Å²) in [5, 5.41) is 30.4. The van der Waals surface area contributed by atoms with E-state index in [0.717, 1.165) is 38.5 Å². The summed E-state index contributed by atoms with van der Waals surface area (Å²) in [7, 11) is 0. The summed E-state index contributed by atoms with van der Waals surface area (Å²) in [4.78, 5) is 34.6. The van der Waals surface area contributed by atoms with E-state index in [2.05, 4.69) is 19.1 Å². The van der Waals surface area contributed by atoms with E-state index in [-0.39, 0.29) is 24.1 Å². The number of carboxylic acids is 3. The monoisotopic (exact) mass is 511 g/mol. The Morgan fingerprint density at radius 1 is 0.667 bits per heavy atom. The third-order valence-corrected chi connectivity index (χ3v) is 7.12. The van der Waals surface area contributed by atoms with Crippen LogP contribution < -0.4 is 5.11 Å². The minimum absolute atomic E-state index is 0.178. The van der Waals surface area contributed by atoms with Gasteiger partial charge in [-0.1, -0.05) is 70.9 Å². The molecule has 0 amide bonds. The normalized spacial score (nSPS) is 15.9. The van der Waals surface area contributed by atoms with E-state index < -0.39 is 35.7 Å². The van der Waals surface area contributed by atoms with Crippen LogP contribution in [0, 0.1) is 17.8 Å². The zero-order valence-electron chi connectivity index (χ0n) is 23.4. The molecule has 3 unspecified atom stereocenters. The molecule has 0 aromatic heterocycles. The molecule has 0 aromatic carbocycles. The highest BCUT2D eigenvalue weighted by Crippen LogP contribution is 2.22. The summed E-state index contributed by atoms with van der Waals surface area (Å²) in [6.07, 6.45) is 19.9. The Bertz CT molecular complexity index is 593. The molecule has 0 spiro atoms. The van der Waals surface area contributed by atoms with Crippen LogP contribution in [-0.2, 0) is 14.4 Å². The zero-order valence-corrected chi connectivity index (χ0v) is 23.4. The number of allylic oxidation sites excluding steroid dienone is 2. The van der Waals surface area contributed by atoms with Crippen LogP contribution in [0.1, 0.15) is 111 Å². The van der Waals surface area contributed by atoms with Crippen LogP contribution in [0.5, 0.6) is 0 Å². The fraction of sp³-hybridized carbons (Fsp3) is 0.828. The molecule has 2 N–H and O–H groups in total. The second kappa shape index (κ2) is 20.2. The number of carbonyl (C=O) groups excluding carboxylic acids is 1. The van der Waals surface area contributed by atoms with Gasteiger partial charge in [0.1, 0.15) is 11.8 Å². The molecular formula is C29H53NO6. The summed E-state index contributed by atoms with van der Waals surface area (Å²) in [6, 6.07) is 0. The first kappa shape index (κ1) is 34.1. The molecular weight excluding hydrogens is 458 g/mol. The Hall–Kier alpha value is -1.89. The Morgan fingerprint density at radius 3 is 1.47 bits per heavy atom. The smallest absolute Gasteiger partial charge is 0.311 e. The van der Waals surface area contributed by atoms with Gasteiger partial charge in [-0.05, 0) is 52.4 Å². The van der Waals surface area contributed by atoms with Gasteiger partial charge in [0.25, 0.3) is 0 Å². The van der Waals surface area contributed by atoms with Gasteiger partial charge < -0.3 is 24.6 Å². The zero-order chi connectivity index (χ0) is 27.4. The van der Waals surface area contributed by atoms with Crippen molar-refractivity contribution in [3.8, 4) is 0 Å². The highest BCUT2D eigenvalue weighted by atomic mass is 16.4. The molecule has 0 aromatic rings. The van der Waals surface area contributed by atoms with E-state index in [1.807, 2.05) is 0 Å². The maximum Gasteiger partial charge on any atom is 0.311 e. The molecule has 0 fully saturated rings. The third-order valence-electron chi connectivity index (χ3n) is 7.12. The molecule has 0 saturated heterocycles. The SMILES string of the molecule is CCCCCCCC/C=C/CCCCCCC[N+](CC(C)C(=O)[O-])(CC(C)C(=O)O)CC(C)C(=O)O. The number of hydrogen-bond donors (Lipinski definition) is 2. The van der Waals surface area contributed by atoms with Crippen molar-refractivity contribution in [1.82, 2.24) is 0 Å². The van der Waals surface area contributed by atoms with Crippen LogP contribution in [-0.4, -0.2) is 58.8 Å². The topological polar surface area (TPSA) is 115 Å². The van der Waals surface area contributed by atoms with E-state index in [1.54, 1.807) is 20.8 Å². The Morgan fingerprint density at radius 2 is 1.06 bits per heavy atom. The Kier molecular flexibility index (Phi) is 19.1. The number of unbranched alkanes of at least 4 members (excludes halogenated alkanes) is 11. The lowest BCUT2D eigenvalue weighted by Gasteiger charge is -2.43. The number of nitrogens with zero attached hydrogens (tertiary/aromatic N) is 1. The van der Waals surface area contributed by atoms with E-state index in [1.165, 1.54) is 44.9 Å². The summed E-state index contributed by atoms with van der Waals surface area (Å²) in [6.45, 7) is 8.18. The Labute approximate surface area is 219 Å². The van der Waals surface area contributed by atoms with Gasteiger partial charge in [0.2, 0.25) is 0 Å². The maximum atomic E-state index is 11.6. The fourth-order valence-electron chi connectivity index (χ4n) is 4.99.